The summed E-state index contributed by atoms with van der Waals surface area (Å²) in [5, 5.41) is 12.0. The molecule has 7 heteroatoms. The van der Waals surface area contributed by atoms with Crippen molar-refractivity contribution < 1.29 is 14.6 Å². The number of benzene rings is 1. The molecule has 0 amide bonds. The molecule has 1 aromatic heterocycles. The molecule has 2 aromatic rings. The Morgan fingerprint density at radius 3 is 2.70 bits per heavy atom. The Morgan fingerprint density at radius 1 is 1.30 bits per heavy atom. The van der Waals surface area contributed by atoms with Crippen LogP contribution in [0.4, 0.5) is 11.5 Å². The fraction of sp³-hybridized carbons (Fsp3) is 0.0769. The zero-order valence-electron chi connectivity index (χ0n) is 10.4. The van der Waals surface area contributed by atoms with Crippen LogP contribution in [0.15, 0.2) is 39.4 Å². The summed E-state index contributed by atoms with van der Waals surface area (Å²) in [4.78, 5) is 15.0. The van der Waals surface area contributed by atoms with Crippen LogP contribution < -0.4 is 10.1 Å². The number of aromatic carboxylic acids is 1. The van der Waals surface area contributed by atoms with E-state index in [1.54, 1.807) is 13.2 Å². The third-order valence-electron chi connectivity index (χ3n) is 2.51. The van der Waals surface area contributed by atoms with Crippen molar-refractivity contribution in [3.63, 3.8) is 0 Å². The number of carboxylic acid groups (broad SMARTS) is 1. The van der Waals surface area contributed by atoms with Gasteiger partial charge in [-0.2, -0.15) is 0 Å². The standard InChI is InChI=1S/C13H10Br2N2O3/c1-20-11-6-10(8(14)5-9(11)15)17-12-4-7(13(18)19)2-3-16-12/h2-6H,1H3,(H,16,17)(H,18,19). The number of anilines is 2. The predicted molar refractivity (Wildman–Crippen MR) is 82.9 cm³/mol. The van der Waals surface area contributed by atoms with Gasteiger partial charge in [0.25, 0.3) is 0 Å². The Labute approximate surface area is 132 Å². The highest BCUT2D eigenvalue weighted by Crippen LogP contribution is 2.35. The number of carbonyl (C=O) groups is 1. The Balaban J connectivity index is 2.34. The van der Waals surface area contributed by atoms with Crippen LogP contribution in [0.25, 0.3) is 0 Å². The number of hydrogen-bond acceptors (Lipinski definition) is 4. The second-order valence-corrected chi connectivity index (χ2v) is 5.54. The molecule has 2 rings (SSSR count). The highest BCUT2D eigenvalue weighted by atomic mass is 79.9. The number of halogens is 2. The van der Waals surface area contributed by atoms with E-state index in [-0.39, 0.29) is 5.56 Å². The first-order valence-corrected chi connectivity index (χ1v) is 7.09. The summed E-state index contributed by atoms with van der Waals surface area (Å²) in [7, 11) is 1.57. The lowest BCUT2D eigenvalue weighted by Crippen LogP contribution is -2.00. The molecule has 0 radical (unpaired) electrons. The first-order chi connectivity index (χ1) is 9.51. The zero-order chi connectivity index (χ0) is 14.7. The van der Waals surface area contributed by atoms with Crippen LogP contribution in [-0.4, -0.2) is 23.2 Å². The molecule has 20 heavy (non-hydrogen) atoms. The van der Waals surface area contributed by atoms with E-state index in [1.165, 1.54) is 18.3 Å². The topological polar surface area (TPSA) is 71.5 Å². The summed E-state index contributed by atoms with van der Waals surface area (Å²) < 4.78 is 6.83. The van der Waals surface area contributed by atoms with Crippen LogP contribution in [0.3, 0.4) is 0 Å². The molecule has 0 unspecified atom stereocenters. The van der Waals surface area contributed by atoms with Gasteiger partial charge in [0, 0.05) is 16.7 Å². The molecule has 1 heterocycles. The maximum atomic E-state index is 10.9. The van der Waals surface area contributed by atoms with Crippen LogP contribution in [0.1, 0.15) is 10.4 Å². The van der Waals surface area contributed by atoms with Gasteiger partial charge >= 0.3 is 5.97 Å². The summed E-state index contributed by atoms with van der Waals surface area (Å²) in [6, 6.07) is 6.51. The van der Waals surface area contributed by atoms with Crippen LogP contribution >= 0.6 is 31.9 Å². The molecule has 0 spiro atoms. The first kappa shape index (κ1) is 14.8. The van der Waals surface area contributed by atoms with E-state index in [1.807, 2.05) is 6.07 Å². The van der Waals surface area contributed by atoms with Crippen molar-refractivity contribution >= 4 is 49.3 Å². The van der Waals surface area contributed by atoms with Crippen LogP contribution in [0, 0.1) is 0 Å². The maximum Gasteiger partial charge on any atom is 0.335 e. The summed E-state index contributed by atoms with van der Waals surface area (Å²) >= 11 is 6.80. The largest absolute Gasteiger partial charge is 0.495 e. The molecule has 0 aliphatic rings. The summed E-state index contributed by atoms with van der Waals surface area (Å²) in [6.07, 6.45) is 1.44. The third kappa shape index (κ3) is 3.29. The van der Waals surface area contributed by atoms with E-state index in [0.717, 1.165) is 14.6 Å². The Kier molecular flexibility index (Phi) is 4.61. The molecule has 104 valence electrons. The van der Waals surface area contributed by atoms with E-state index in [4.69, 9.17) is 9.84 Å². The molecule has 0 atom stereocenters. The molecule has 0 aliphatic carbocycles. The van der Waals surface area contributed by atoms with Crippen molar-refractivity contribution in [2.24, 2.45) is 0 Å². The number of nitrogens with one attached hydrogen (secondary N) is 1. The number of carboxylic acids is 1. The molecular formula is C13H10Br2N2O3. The van der Waals surface area contributed by atoms with E-state index in [9.17, 15) is 4.79 Å². The monoisotopic (exact) mass is 400 g/mol. The summed E-state index contributed by atoms with van der Waals surface area (Å²) in [5.74, 6) is 0.1000. The van der Waals surface area contributed by atoms with E-state index in [2.05, 4.69) is 42.2 Å². The normalized spacial score (nSPS) is 10.2. The van der Waals surface area contributed by atoms with E-state index < -0.39 is 5.97 Å². The lowest BCUT2D eigenvalue weighted by molar-refractivity contribution is 0.0697. The van der Waals surface area contributed by atoms with Gasteiger partial charge in [-0.05, 0) is 50.1 Å². The second kappa shape index (κ2) is 6.23. The smallest absolute Gasteiger partial charge is 0.335 e. The fourth-order valence-corrected chi connectivity index (χ4v) is 2.81. The van der Waals surface area contributed by atoms with Crippen LogP contribution in [-0.2, 0) is 0 Å². The van der Waals surface area contributed by atoms with Gasteiger partial charge in [0.15, 0.2) is 0 Å². The number of rotatable bonds is 4. The zero-order valence-corrected chi connectivity index (χ0v) is 13.5. The molecule has 1 aromatic carbocycles. The molecular weight excluding hydrogens is 392 g/mol. The Morgan fingerprint density at radius 2 is 2.05 bits per heavy atom. The number of nitrogens with zero attached hydrogens (tertiary/aromatic N) is 1. The number of pyridine rings is 1. The molecule has 5 nitrogen and oxygen atoms in total. The minimum absolute atomic E-state index is 0.169. The number of hydrogen-bond donors (Lipinski definition) is 2. The molecule has 0 saturated heterocycles. The average molecular weight is 402 g/mol. The van der Waals surface area contributed by atoms with Crippen LogP contribution in [0.5, 0.6) is 5.75 Å². The minimum atomic E-state index is -0.997. The molecule has 2 N–H and O–H groups in total. The second-order valence-electron chi connectivity index (χ2n) is 3.83. The molecule has 0 fully saturated rings. The Bertz CT molecular complexity index is 662. The maximum absolute atomic E-state index is 10.9. The lowest BCUT2D eigenvalue weighted by atomic mass is 10.2. The first-order valence-electron chi connectivity index (χ1n) is 5.50. The SMILES string of the molecule is COc1cc(Nc2cc(C(=O)O)ccn2)c(Br)cc1Br. The fourth-order valence-electron chi connectivity index (χ4n) is 1.55. The predicted octanol–water partition coefficient (Wildman–Crippen LogP) is 4.06. The van der Waals surface area contributed by atoms with Crippen molar-refractivity contribution in [3.8, 4) is 5.75 Å². The van der Waals surface area contributed by atoms with E-state index >= 15 is 0 Å². The molecule has 0 saturated carbocycles. The summed E-state index contributed by atoms with van der Waals surface area (Å²) in [5.41, 5.74) is 0.891. The van der Waals surface area contributed by atoms with Crippen molar-refractivity contribution in [1.82, 2.24) is 4.98 Å². The van der Waals surface area contributed by atoms with Gasteiger partial charge in [-0.15, -0.1) is 0 Å². The molecule has 0 aliphatic heterocycles. The number of ether oxygens (including phenoxy) is 1. The van der Waals surface area contributed by atoms with Crippen LogP contribution in [0.2, 0.25) is 0 Å². The van der Waals surface area contributed by atoms with Gasteiger partial charge in [-0.1, -0.05) is 0 Å². The van der Waals surface area contributed by atoms with Gasteiger partial charge in [-0.3, -0.25) is 0 Å². The van der Waals surface area contributed by atoms with Crippen molar-refractivity contribution in [2.75, 3.05) is 12.4 Å². The average Bonchev–Trinajstić information content (AvgIpc) is 2.42. The van der Waals surface area contributed by atoms with Crippen molar-refractivity contribution in [3.05, 3.63) is 45.0 Å². The molecule has 0 bridgehead atoms. The minimum Gasteiger partial charge on any atom is -0.495 e. The lowest BCUT2D eigenvalue weighted by Gasteiger charge is -2.11. The highest BCUT2D eigenvalue weighted by Gasteiger charge is 2.09. The van der Waals surface area contributed by atoms with Gasteiger partial charge in [0.2, 0.25) is 0 Å². The number of methoxy groups -OCH3 is 1. The highest BCUT2D eigenvalue weighted by molar-refractivity contribution is 9.11. The van der Waals surface area contributed by atoms with Gasteiger partial charge in [-0.25, -0.2) is 9.78 Å². The Hall–Kier alpha value is -1.60. The van der Waals surface area contributed by atoms with Gasteiger partial charge < -0.3 is 15.2 Å². The van der Waals surface area contributed by atoms with Gasteiger partial charge in [0.05, 0.1) is 22.8 Å². The van der Waals surface area contributed by atoms with E-state index in [0.29, 0.717) is 11.6 Å². The van der Waals surface area contributed by atoms with Crippen molar-refractivity contribution in [1.29, 1.82) is 0 Å². The van der Waals surface area contributed by atoms with Crippen molar-refractivity contribution in [2.45, 2.75) is 0 Å². The summed E-state index contributed by atoms with van der Waals surface area (Å²) in [6.45, 7) is 0. The third-order valence-corrected chi connectivity index (χ3v) is 3.79. The van der Waals surface area contributed by atoms with Gasteiger partial charge in [0.1, 0.15) is 11.6 Å². The number of aromatic nitrogens is 1. The quantitative estimate of drug-likeness (QED) is 0.808.